The standard InChI is InChI=1S/C17H24ClFN2/c1-16(2)10-20-17(3,13-4-5-13)11-21(16)9-12-8-14(18)6-7-15(12)19/h6-8,13,20H,4-5,9-11H2,1-3H3. The summed E-state index contributed by atoms with van der Waals surface area (Å²) < 4.78 is 14.0. The Balaban J connectivity index is 1.82. The largest absolute Gasteiger partial charge is 0.308 e. The third kappa shape index (κ3) is 3.10. The second-order valence-corrected chi connectivity index (χ2v) is 7.89. The van der Waals surface area contributed by atoms with Crippen LogP contribution >= 0.6 is 11.6 Å². The van der Waals surface area contributed by atoms with Gasteiger partial charge in [-0.15, -0.1) is 0 Å². The number of nitrogens with zero attached hydrogens (tertiary/aromatic N) is 1. The van der Waals surface area contributed by atoms with E-state index in [1.54, 1.807) is 12.1 Å². The molecule has 2 nitrogen and oxygen atoms in total. The van der Waals surface area contributed by atoms with E-state index in [1.165, 1.54) is 18.9 Å². The smallest absolute Gasteiger partial charge is 0.127 e. The summed E-state index contributed by atoms with van der Waals surface area (Å²) in [5.74, 6) is 0.599. The number of hydrogen-bond acceptors (Lipinski definition) is 2. The maximum absolute atomic E-state index is 14.0. The molecule has 1 aliphatic carbocycles. The van der Waals surface area contributed by atoms with Crippen molar-refractivity contribution in [3.63, 3.8) is 0 Å². The van der Waals surface area contributed by atoms with Gasteiger partial charge < -0.3 is 5.32 Å². The van der Waals surface area contributed by atoms with E-state index < -0.39 is 0 Å². The second-order valence-electron chi connectivity index (χ2n) is 7.45. The average Bonchev–Trinajstić information content (AvgIpc) is 3.24. The van der Waals surface area contributed by atoms with Crippen LogP contribution in [0.15, 0.2) is 18.2 Å². The summed E-state index contributed by atoms with van der Waals surface area (Å²) in [6, 6.07) is 4.83. The van der Waals surface area contributed by atoms with E-state index in [1.807, 2.05) is 0 Å². The molecule has 3 rings (SSSR count). The van der Waals surface area contributed by atoms with E-state index in [4.69, 9.17) is 11.6 Å². The molecule has 1 saturated heterocycles. The van der Waals surface area contributed by atoms with Crippen molar-refractivity contribution in [2.24, 2.45) is 5.92 Å². The van der Waals surface area contributed by atoms with Crippen molar-refractivity contribution < 1.29 is 4.39 Å². The van der Waals surface area contributed by atoms with E-state index >= 15 is 0 Å². The van der Waals surface area contributed by atoms with Crippen LogP contribution in [0.25, 0.3) is 0 Å². The van der Waals surface area contributed by atoms with E-state index in [0.29, 0.717) is 17.1 Å². The predicted octanol–water partition coefficient (Wildman–Crippen LogP) is 3.83. The van der Waals surface area contributed by atoms with Crippen molar-refractivity contribution in [2.75, 3.05) is 13.1 Å². The van der Waals surface area contributed by atoms with E-state index in [-0.39, 0.29) is 16.9 Å². The van der Waals surface area contributed by atoms with Gasteiger partial charge in [-0.25, -0.2) is 4.39 Å². The maximum Gasteiger partial charge on any atom is 0.127 e. The number of benzene rings is 1. The molecule has 0 bridgehead atoms. The predicted molar refractivity (Wildman–Crippen MR) is 85.0 cm³/mol. The van der Waals surface area contributed by atoms with Crippen molar-refractivity contribution in [3.8, 4) is 0 Å². The highest BCUT2D eigenvalue weighted by atomic mass is 35.5. The minimum atomic E-state index is -0.165. The van der Waals surface area contributed by atoms with E-state index in [0.717, 1.165) is 19.0 Å². The molecule has 0 amide bonds. The van der Waals surface area contributed by atoms with Gasteiger partial charge >= 0.3 is 0 Å². The molecule has 0 aromatic heterocycles. The highest BCUT2D eigenvalue weighted by molar-refractivity contribution is 6.30. The van der Waals surface area contributed by atoms with Crippen LogP contribution in [0.3, 0.4) is 0 Å². The van der Waals surface area contributed by atoms with Gasteiger partial charge in [0.15, 0.2) is 0 Å². The highest BCUT2D eigenvalue weighted by Crippen LogP contribution is 2.42. The number of nitrogens with one attached hydrogen (secondary N) is 1. The number of piperazine rings is 1. The van der Waals surface area contributed by atoms with Crippen LogP contribution in [-0.2, 0) is 6.54 Å². The summed E-state index contributed by atoms with van der Waals surface area (Å²) in [7, 11) is 0. The van der Waals surface area contributed by atoms with Gasteiger partial charge in [0.25, 0.3) is 0 Å². The molecule has 0 spiro atoms. The Morgan fingerprint density at radius 3 is 2.71 bits per heavy atom. The summed E-state index contributed by atoms with van der Waals surface area (Å²) >= 11 is 6.02. The average molecular weight is 311 g/mol. The summed E-state index contributed by atoms with van der Waals surface area (Å²) in [6.07, 6.45) is 2.62. The van der Waals surface area contributed by atoms with Gasteiger partial charge in [-0.1, -0.05) is 11.6 Å². The van der Waals surface area contributed by atoms with Gasteiger partial charge in [-0.05, 0) is 57.7 Å². The summed E-state index contributed by atoms with van der Waals surface area (Å²) in [4.78, 5) is 2.40. The first-order valence-electron chi connectivity index (χ1n) is 7.74. The molecule has 1 aliphatic heterocycles. The number of halogens is 2. The minimum absolute atomic E-state index is 0.0170. The maximum atomic E-state index is 14.0. The fraction of sp³-hybridized carbons (Fsp3) is 0.647. The van der Waals surface area contributed by atoms with Crippen LogP contribution in [0.2, 0.25) is 5.02 Å². The van der Waals surface area contributed by atoms with Gasteiger partial charge in [0.05, 0.1) is 0 Å². The topological polar surface area (TPSA) is 15.3 Å². The van der Waals surface area contributed by atoms with Crippen LogP contribution in [0, 0.1) is 11.7 Å². The lowest BCUT2D eigenvalue weighted by Crippen LogP contribution is -2.67. The second kappa shape index (κ2) is 5.22. The van der Waals surface area contributed by atoms with Gasteiger partial charge in [-0.3, -0.25) is 4.90 Å². The fourth-order valence-corrected chi connectivity index (χ4v) is 3.53. The Hall–Kier alpha value is -0.640. The van der Waals surface area contributed by atoms with E-state index in [2.05, 4.69) is 31.0 Å². The van der Waals surface area contributed by atoms with E-state index in [9.17, 15) is 4.39 Å². The molecular formula is C17H24ClFN2. The van der Waals surface area contributed by atoms with Gasteiger partial charge in [0.2, 0.25) is 0 Å². The number of hydrogen-bond donors (Lipinski definition) is 1. The van der Waals surface area contributed by atoms with Crippen molar-refractivity contribution in [3.05, 3.63) is 34.6 Å². The van der Waals surface area contributed by atoms with Crippen LogP contribution in [0.4, 0.5) is 4.39 Å². The molecule has 1 N–H and O–H groups in total. The Morgan fingerprint density at radius 1 is 1.33 bits per heavy atom. The van der Waals surface area contributed by atoms with Crippen LogP contribution in [-0.4, -0.2) is 29.1 Å². The minimum Gasteiger partial charge on any atom is -0.308 e. The molecule has 1 unspecified atom stereocenters. The molecule has 1 aromatic carbocycles. The molecule has 0 radical (unpaired) electrons. The zero-order chi connectivity index (χ0) is 15.3. The van der Waals surface area contributed by atoms with Crippen LogP contribution in [0.1, 0.15) is 39.2 Å². The quantitative estimate of drug-likeness (QED) is 0.912. The summed E-state index contributed by atoms with van der Waals surface area (Å²) in [5.41, 5.74) is 0.865. The Labute approximate surface area is 131 Å². The van der Waals surface area contributed by atoms with Crippen molar-refractivity contribution in [1.29, 1.82) is 0 Å². The van der Waals surface area contributed by atoms with Crippen LogP contribution < -0.4 is 5.32 Å². The normalized spacial score (nSPS) is 29.6. The van der Waals surface area contributed by atoms with Gasteiger partial charge in [0, 0.05) is 41.3 Å². The first-order chi connectivity index (χ1) is 9.80. The molecule has 2 fully saturated rings. The SMILES string of the molecule is CC1(C2CC2)CN(Cc2cc(Cl)ccc2F)C(C)(C)CN1. The van der Waals surface area contributed by atoms with Gasteiger partial charge in [0.1, 0.15) is 5.82 Å². The lowest BCUT2D eigenvalue weighted by molar-refractivity contribution is 0.0171. The third-order valence-electron chi connectivity index (χ3n) is 5.15. The van der Waals surface area contributed by atoms with Gasteiger partial charge in [-0.2, -0.15) is 0 Å². The lowest BCUT2D eigenvalue weighted by Gasteiger charge is -2.51. The zero-order valence-corrected chi connectivity index (χ0v) is 13.8. The lowest BCUT2D eigenvalue weighted by atomic mass is 9.86. The molecule has 2 aliphatic rings. The molecule has 1 saturated carbocycles. The van der Waals surface area contributed by atoms with Crippen molar-refractivity contribution in [1.82, 2.24) is 10.2 Å². The Morgan fingerprint density at radius 2 is 2.05 bits per heavy atom. The van der Waals surface area contributed by atoms with Crippen LogP contribution in [0.5, 0.6) is 0 Å². The van der Waals surface area contributed by atoms with Crippen molar-refractivity contribution >= 4 is 11.6 Å². The Kier molecular flexibility index (Phi) is 3.79. The first-order valence-corrected chi connectivity index (χ1v) is 8.12. The first kappa shape index (κ1) is 15.3. The summed E-state index contributed by atoms with van der Waals surface area (Å²) in [5, 5.41) is 4.33. The third-order valence-corrected chi connectivity index (χ3v) is 5.38. The molecule has 116 valence electrons. The summed E-state index contributed by atoms with van der Waals surface area (Å²) in [6.45, 7) is 9.24. The molecule has 1 heterocycles. The fourth-order valence-electron chi connectivity index (χ4n) is 3.33. The Bertz CT molecular complexity index is 542. The highest BCUT2D eigenvalue weighted by Gasteiger charge is 2.48. The van der Waals surface area contributed by atoms with Crippen molar-refractivity contribution in [2.45, 2.75) is 51.2 Å². The zero-order valence-electron chi connectivity index (χ0n) is 13.0. The molecular weight excluding hydrogens is 287 g/mol. The molecule has 21 heavy (non-hydrogen) atoms. The molecule has 1 aromatic rings. The number of rotatable bonds is 3. The molecule has 1 atom stereocenters. The molecule has 4 heteroatoms. The monoisotopic (exact) mass is 310 g/mol.